The molecule has 10 heteroatoms. The largest absolute Gasteiger partial charge is 0.573 e. The van der Waals surface area contributed by atoms with Gasteiger partial charge in [-0.1, -0.05) is 30.3 Å². The number of rotatable bonds is 6. The van der Waals surface area contributed by atoms with Crippen LogP contribution >= 0.6 is 11.3 Å². The van der Waals surface area contributed by atoms with E-state index in [1.165, 1.54) is 41.7 Å². The number of halogens is 4. The third-order valence-corrected chi connectivity index (χ3v) is 5.45. The monoisotopic (exact) mass is 462 g/mol. The number of anilines is 1. The van der Waals surface area contributed by atoms with E-state index < -0.39 is 29.7 Å². The summed E-state index contributed by atoms with van der Waals surface area (Å²) in [6.45, 7) is -0.290. The summed E-state index contributed by atoms with van der Waals surface area (Å²) in [5.41, 5.74) is 0.215. The van der Waals surface area contributed by atoms with Crippen molar-refractivity contribution >= 4 is 34.4 Å². The van der Waals surface area contributed by atoms with Crippen LogP contribution in [-0.4, -0.2) is 23.1 Å². The summed E-state index contributed by atoms with van der Waals surface area (Å²) in [5, 5.41) is 4.47. The average molecular weight is 462 g/mol. The first kappa shape index (κ1) is 21.6. The summed E-state index contributed by atoms with van der Waals surface area (Å²) in [5.74, 6) is -2.40. The van der Waals surface area contributed by atoms with E-state index in [2.05, 4.69) is 10.1 Å². The molecule has 1 aromatic heterocycles. The van der Waals surface area contributed by atoms with Crippen LogP contribution in [-0.2, 0) is 16.1 Å². The highest BCUT2D eigenvalue weighted by Crippen LogP contribution is 2.34. The number of nitrogens with one attached hydrogen (secondary N) is 1. The van der Waals surface area contributed by atoms with Gasteiger partial charge in [-0.2, -0.15) is 0 Å². The summed E-state index contributed by atoms with van der Waals surface area (Å²) < 4.78 is 55.6. The van der Waals surface area contributed by atoms with Gasteiger partial charge in [-0.25, -0.2) is 4.39 Å². The van der Waals surface area contributed by atoms with Gasteiger partial charge in [0.15, 0.2) is 0 Å². The van der Waals surface area contributed by atoms with Crippen molar-refractivity contribution in [3.63, 3.8) is 0 Å². The number of nitrogens with zero attached hydrogens (tertiary/aromatic N) is 1. The van der Waals surface area contributed by atoms with E-state index in [1.54, 1.807) is 23.6 Å². The Morgan fingerprint density at radius 1 is 0.969 bits per heavy atom. The molecule has 0 atom stereocenters. The summed E-state index contributed by atoms with van der Waals surface area (Å²) in [6.07, 6.45) is -4.88. The topological polar surface area (TPSA) is 58.6 Å². The number of thiophene rings is 1. The highest BCUT2D eigenvalue weighted by Gasteiger charge is 2.40. The first-order valence-electron chi connectivity index (χ1n) is 9.23. The van der Waals surface area contributed by atoms with Crippen molar-refractivity contribution in [3.05, 3.63) is 88.0 Å². The van der Waals surface area contributed by atoms with Crippen LogP contribution in [0.5, 0.6) is 5.75 Å². The number of carbonyl (C=O) groups excluding carboxylic acids is 2. The van der Waals surface area contributed by atoms with Gasteiger partial charge in [0.2, 0.25) is 0 Å². The molecule has 164 valence electrons. The quantitative estimate of drug-likeness (QED) is 0.405. The maximum Gasteiger partial charge on any atom is 0.573 e. The Bertz CT molecular complexity index is 1210. The second kappa shape index (κ2) is 8.46. The van der Waals surface area contributed by atoms with Gasteiger partial charge >= 0.3 is 6.36 Å². The lowest BCUT2D eigenvalue weighted by molar-refractivity contribution is -0.274. The Hall–Kier alpha value is -3.66. The molecule has 2 aromatic carbocycles. The van der Waals surface area contributed by atoms with Gasteiger partial charge in [0.05, 0.1) is 12.1 Å². The van der Waals surface area contributed by atoms with Crippen LogP contribution in [0.4, 0.5) is 23.2 Å². The van der Waals surface area contributed by atoms with Crippen LogP contribution in [0.15, 0.2) is 71.7 Å². The summed E-state index contributed by atoms with van der Waals surface area (Å²) in [7, 11) is 0. The summed E-state index contributed by atoms with van der Waals surface area (Å²) in [6, 6.07) is 14.0. The predicted octanol–water partition coefficient (Wildman–Crippen LogP) is 5.18. The summed E-state index contributed by atoms with van der Waals surface area (Å²) in [4.78, 5) is 27.6. The van der Waals surface area contributed by atoms with Gasteiger partial charge in [0.1, 0.15) is 17.3 Å². The molecule has 0 spiro atoms. The molecule has 1 N–H and O–H groups in total. The van der Waals surface area contributed by atoms with Crippen LogP contribution in [0.2, 0.25) is 0 Å². The van der Waals surface area contributed by atoms with Gasteiger partial charge < -0.3 is 10.1 Å². The van der Waals surface area contributed by atoms with Crippen molar-refractivity contribution in [2.45, 2.75) is 12.9 Å². The third kappa shape index (κ3) is 4.50. The van der Waals surface area contributed by atoms with Crippen molar-refractivity contribution in [2.75, 3.05) is 5.32 Å². The van der Waals surface area contributed by atoms with E-state index in [1.807, 2.05) is 0 Å². The Balaban J connectivity index is 1.68. The molecule has 2 amide bonds. The number of carbonyl (C=O) groups is 2. The molecule has 32 heavy (non-hydrogen) atoms. The van der Waals surface area contributed by atoms with Gasteiger partial charge in [0.25, 0.3) is 11.8 Å². The first-order chi connectivity index (χ1) is 15.2. The number of hydrogen-bond acceptors (Lipinski definition) is 5. The second-order valence-corrected chi connectivity index (χ2v) is 7.66. The molecule has 0 bridgehead atoms. The Labute approximate surface area is 183 Å². The molecule has 4 rings (SSSR count). The number of benzene rings is 2. The Morgan fingerprint density at radius 2 is 1.75 bits per heavy atom. The van der Waals surface area contributed by atoms with Crippen LogP contribution in [0.25, 0.3) is 5.57 Å². The highest BCUT2D eigenvalue weighted by molar-refractivity contribution is 7.11. The maximum absolute atomic E-state index is 14.1. The van der Waals surface area contributed by atoms with Crippen LogP contribution in [0.1, 0.15) is 10.4 Å². The first-order valence-corrected chi connectivity index (χ1v) is 10.1. The zero-order valence-corrected chi connectivity index (χ0v) is 17.0. The molecule has 2 heterocycles. The summed E-state index contributed by atoms with van der Waals surface area (Å²) >= 11 is 1.22. The van der Waals surface area contributed by atoms with Gasteiger partial charge in [0, 0.05) is 22.2 Å². The standard InChI is InChI=1S/C22H14F4N2O3S/c23-16-8-2-1-5-13(16)12-28-20(29)18(17-9-4-10-32-17)19(21(28)30)27-14-6-3-7-15(11-14)31-22(24,25)26/h1-11,27H,12H2. The maximum atomic E-state index is 14.1. The van der Waals surface area contributed by atoms with E-state index in [9.17, 15) is 27.2 Å². The molecule has 1 aliphatic rings. The SMILES string of the molecule is O=C1C(Nc2cccc(OC(F)(F)F)c2)=C(c2cccs2)C(=O)N1Cc1ccccc1F. The van der Waals surface area contributed by atoms with Crippen molar-refractivity contribution in [2.24, 2.45) is 0 Å². The lowest BCUT2D eigenvalue weighted by Gasteiger charge is -2.16. The lowest BCUT2D eigenvalue weighted by atomic mass is 10.1. The average Bonchev–Trinajstić information content (AvgIpc) is 3.32. The van der Waals surface area contributed by atoms with E-state index in [4.69, 9.17) is 0 Å². The molecule has 1 aliphatic heterocycles. The molecule has 0 aliphatic carbocycles. The predicted molar refractivity (Wildman–Crippen MR) is 110 cm³/mol. The Morgan fingerprint density at radius 3 is 2.44 bits per heavy atom. The molecule has 0 unspecified atom stereocenters. The minimum absolute atomic E-state index is 0.0588. The number of hydrogen-bond donors (Lipinski definition) is 1. The van der Waals surface area contributed by atoms with E-state index >= 15 is 0 Å². The van der Waals surface area contributed by atoms with Crippen molar-refractivity contribution < 1.29 is 31.9 Å². The van der Waals surface area contributed by atoms with Crippen molar-refractivity contribution in [1.29, 1.82) is 0 Å². The second-order valence-electron chi connectivity index (χ2n) is 6.72. The third-order valence-electron chi connectivity index (χ3n) is 4.56. The fraction of sp³-hybridized carbons (Fsp3) is 0.0909. The lowest BCUT2D eigenvalue weighted by Crippen LogP contribution is -2.32. The van der Waals surface area contributed by atoms with Crippen LogP contribution in [0, 0.1) is 5.82 Å². The zero-order valence-electron chi connectivity index (χ0n) is 16.2. The minimum atomic E-state index is -4.88. The van der Waals surface area contributed by atoms with E-state index in [-0.39, 0.29) is 29.1 Å². The Kier molecular flexibility index (Phi) is 5.70. The smallest absolute Gasteiger partial charge is 0.406 e. The molecule has 0 radical (unpaired) electrons. The normalized spacial score (nSPS) is 14.3. The molecule has 5 nitrogen and oxygen atoms in total. The van der Waals surface area contributed by atoms with Gasteiger partial charge in [-0.15, -0.1) is 24.5 Å². The zero-order chi connectivity index (χ0) is 22.9. The van der Waals surface area contributed by atoms with Crippen LogP contribution in [0.3, 0.4) is 0 Å². The van der Waals surface area contributed by atoms with Crippen molar-refractivity contribution in [3.8, 4) is 5.75 Å². The fourth-order valence-corrected chi connectivity index (χ4v) is 3.97. The minimum Gasteiger partial charge on any atom is -0.406 e. The van der Waals surface area contributed by atoms with Crippen LogP contribution < -0.4 is 10.1 Å². The van der Waals surface area contributed by atoms with Gasteiger partial charge in [-0.05, 0) is 29.6 Å². The number of alkyl halides is 3. The van der Waals surface area contributed by atoms with E-state index in [0.717, 1.165) is 17.0 Å². The molecule has 0 saturated carbocycles. The molecule has 3 aromatic rings. The number of imide groups is 1. The van der Waals surface area contributed by atoms with Crippen molar-refractivity contribution in [1.82, 2.24) is 4.90 Å². The fourth-order valence-electron chi connectivity index (χ4n) is 3.20. The molecular formula is C22H14F4N2O3S. The van der Waals surface area contributed by atoms with Gasteiger partial charge in [-0.3, -0.25) is 14.5 Å². The highest BCUT2D eigenvalue weighted by atomic mass is 32.1. The van der Waals surface area contributed by atoms with E-state index in [0.29, 0.717) is 4.88 Å². The number of ether oxygens (including phenoxy) is 1. The molecule has 0 saturated heterocycles. The molecular weight excluding hydrogens is 448 g/mol. The number of amides is 2. The molecule has 0 fully saturated rings.